The van der Waals surface area contributed by atoms with E-state index in [4.69, 9.17) is 0 Å². The number of fused-ring (bicyclic) bond motifs is 4. The van der Waals surface area contributed by atoms with Gasteiger partial charge in [-0.05, 0) is 35.4 Å². The minimum Gasteiger partial charge on any atom is -0.0612 e. The fourth-order valence-electron chi connectivity index (χ4n) is 4.37. The summed E-state index contributed by atoms with van der Waals surface area (Å²) in [6.07, 6.45) is 0. The molecule has 0 atom stereocenters. The van der Waals surface area contributed by atoms with Crippen LogP contribution in [0, 0.1) is 0 Å². The van der Waals surface area contributed by atoms with E-state index in [-0.39, 0.29) is 0 Å². The van der Waals surface area contributed by atoms with E-state index in [0.717, 1.165) is 42.3 Å². The van der Waals surface area contributed by atoms with E-state index >= 15 is 8.96 Å². The van der Waals surface area contributed by atoms with Gasteiger partial charge in [0.05, 0.1) is 30.5 Å². The second-order valence-electron chi connectivity index (χ2n) is 7.44. The maximum absolute atomic E-state index is 15.2. The Morgan fingerprint density at radius 3 is 1.30 bits per heavy atom. The van der Waals surface area contributed by atoms with Crippen LogP contribution >= 0.6 is 0 Å². The molecule has 2 heterocycles. The summed E-state index contributed by atoms with van der Waals surface area (Å²) in [7, 11) is 0. The van der Waals surface area contributed by atoms with Crippen molar-refractivity contribution >= 4 is 43.6 Å². The lowest BCUT2D eigenvalue weighted by Gasteiger charge is -2.08. The highest BCUT2D eigenvalue weighted by molar-refractivity contribution is 6.06. The fourth-order valence-corrected chi connectivity index (χ4v) is 4.37. The lowest BCUT2D eigenvalue weighted by molar-refractivity contribution is -0.800. The zero-order chi connectivity index (χ0) is 20.2. The first-order valence-electron chi connectivity index (χ1n) is 9.78. The second-order valence-corrected chi connectivity index (χ2v) is 7.44. The molecule has 0 aliphatic rings. The number of halogens is 2. The van der Waals surface area contributed by atoms with Crippen molar-refractivity contribution in [2.75, 3.05) is 0 Å². The van der Waals surface area contributed by atoms with E-state index in [1.54, 1.807) is 24.3 Å². The van der Waals surface area contributed by atoms with Crippen molar-refractivity contribution in [2.24, 2.45) is 0 Å². The number of aromatic nitrogens is 2. The molecule has 0 bridgehead atoms. The number of hydrogen-bond donors (Lipinski definition) is 0. The number of hydrogen-bond acceptors (Lipinski definition) is 0. The fraction of sp³-hybridized carbons (Fsp3) is 0. The zero-order valence-corrected chi connectivity index (χ0v) is 15.9. The first-order valence-corrected chi connectivity index (χ1v) is 9.78. The Kier molecular flexibility index (Phi) is 3.56. The van der Waals surface area contributed by atoms with E-state index in [9.17, 15) is 0 Å². The Bertz CT molecular complexity index is 1500. The van der Waals surface area contributed by atoms with E-state index in [2.05, 4.69) is 0 Å². The molecule has 142 valence electrons. The molecule has 0 fully saturated rings. The van der Waals surface area contributed by atoms with Crippen molar-refractivity contribution in [1.29, 1.82) is 0 Å². The molecule has 0 amide bonds. The van der Waals surface area contributed by atoms with Crippen LogP contribution in [0.15, 0.2) is 97.1 Å². The van der Waals surface area contributed by atoms with Crippen LogP contribution in [-0.2, 0) is 0 Å². The molecule has 0 aliphatic heterocycles. The number of pyridine rings is 2. The van der Waals surface area contributed by atoms with Gasteiger partial charge in [0, 0.05) is 33.8 Å². The third kappa shape index (κ3) is 2.34. The summed E-state index contributed by atoms with van der Waals surface area (Å²) < 4.78 is 30.4. The van der Waals surface area contributed by atoms with E-state index in [1.165, 1.54) is 0 Å². The lowest BCUT2D eigenvalue weighted by Crippen LogP contribution is -2.25. The summed E-state index contributed by atoms with van der Waals surface area (Å²) in [5.41, 5.74) is 3.74. The molecule has 0 spiro atoms. The topological polar surface area (TPSA) is 7.76 Å². The van der Waals surface area contributed by atoms with Gasteiger partial charge in [0.15, 0.2) is 0 Å². The number of benzene rings is 4. The summed E-state index contributed by atoms with van der Waals surface area (Å²) in [6.45, 7) is 0. The summed E-state index contributed by atoms with van der Waals surface area (Å²) in [6, 6.07) is 29.9. The van der Waals surface area contributed by atoms with Crippen LogP contribution < -0.4 is 9.58 Å². The van der Waals surface area contributed by atoms with Gasteiger partial charge in [0.25, 0.3) is 22.1 Å². The van der Waals surface area contributed by atoms with Crippen LogP contribution in [0.3, 0.4) is 0 Å². The van der Waals surface area contributed by atoms with Gasteiger partial charge in [-0.3, -0.25) is 0 Å². The first-order chi connectivity index (χ1) is 14.7. The smallest absolute Gasteiger partial charge is 0.0612 e. The van der Waals surface area contributed by atoms with Crippen LogP contribution in [0.25, 0.3) is 54.7 Å². The molecular formula is C26H16F2N2+2. The molecule has 0 unspecified atom stereocenters. The van der Waals surface area contributed by atoms with E-state index in [1.807, 2.05) is 72.8 Å². The molecule has 4 heteroatoms. The Morgan fingerprint density at radius 1 is 0.433 bits per heavy atom. The minimum atomic E-state index is 0.483. The summed E-state index contributed by atoms with van der Waals surface area (Å²) in [4.78, 5) is 1.45. The van der Waals surface area contributed by atoms with Crippen LogP contribution in [-0.4, -0.2) is 0 Å². The summed E-state index contributed by atoms with van der Waals surface area (Å²) in [5, 5.41) is 3.19. The Balaban J connectivity index is 1.76. The highest BCUT2D eigenvalue weighted by atomic mass is 19.2. The first kappa shape index (κ1) is 17.0. The van der Waals surface area contributed by atoms with Gasteiger partial charge in [-0.25, -0.2) is 0 Å². The van der Waals surface area contributed by atoms with E-state index in [0.29, 0.717) is 22.1 Å². The van der Waals surface area contributed by atoms with Crippen molar-refractivity contribution in [3.8, 4) is 11.1 Å². The molecule has 2 aromatic heterocycles. The van der Waals surface area contributed by atoms with Gasteiger partial charge in [0.1, 0.15) is 0 Å². The predicted molar refractivity (Wildman–Crippen MR) is 115 cm³/mol. The maximum Gasteiger partial charge on any atom is 0.262 e. The molecule has 0 saturated heterocycles. The molecular weight excluding hydrogens is 378 g/mol. The molecule has 0 aliphatic carbocycles. The molecule has 2 nitrogen and oxygen atoms in total. The molecule has 6 rings (SSSR count). The van der Waals surface area contributed by atoms with Crippen molar-refractivity contribution < 1.29 is 18.5 Å². The third-order valence-corrected chi connectivity index (χ3v) is 5.78. The van der Waals surface area contributed by atoms with Gasteiger partial charge in [-0.1, -0.05) is 48.5 Å². The third-order valence-electron chi connectivity index (χ3n) is 5.78. The molecule has 0 radical (unpaired) electrons. The Morgan fingerprint density at radius 2 is 0.833 bits per heavy atom. The number of para-hydroxylation sites is 2. The van der Waals surface area contributed by atoms with Crippen LogP contribution in [0.1, 0.15) is 0 Å². The van der Waals surface area contributed by atoms with Gasteiger partial charge in [-0.15, -0.1) is 0 Å². The van der Waals surface area contributed by atoms with Crippen LogP contribution in [0.5, 0.6) is 0 Å². The van der Waals surface area contributed by atoms with Gasteiger partial charge >= 0.3 is 0 Å². The standard InChI is InChI=1S/C26H16F2N2/c27-29-23-11-3-1-7-17(23)15-21-19(9-5-13-25(21)29)20-10-6-14-26-22(20)16-18-8-2-4-12-24(18)30(26)28/h1-16H/q+2. The highest BCUT2D eigenvalue weighted by Gasteiger charge is 2.22. The number of nitrogens with zero attached hydrogens (tertiary/aromatic N) is 2. The molecule has 6 aromatic rings. The SMILES string of the molecule is F[n+]1c2ccccc2cc2c(-c3cccc4c3cc3ccccc3[n+]4F)cccc21. The Hall–Kier alpha value is -3.92. The molecule has 30 heavy (non-hydrogen) atoms. The quantitative estimate of drug-likeness (QED) is 0.302. The largest absolute Gasteiger partial charge is 0.262 e. The molecule has 0 saturated carbocycles. The van der Waals surface area contributed by atoms with Gasteiger partial charge in [-0.2, -0.15) is 0 Å². The predicted octanol–water partition coefficient (Wildman–Crippen LogP) is 6.01. The average Bonchev–Trinajstić information content (AvgIpc) is 2.79. The summed E-state index contributed by atoms with van der Waals surface area (Å²) >= 11 is 0. The summed E-state index contributed by atoms with van der Waals surface area (Å²) in [5.74, 6) is 0. The van der Waals surface area contributed by atoms with Crippen LogP contribution in [0.2, 0.25) is 0 Å². The van der Waals surface area contributed by atoms with Gasteiger partial charge in [0.2, 0.25) is 0 Å². The second kappa shape index (κ2) is 6.29. The van der Waals surface area contributed by atoms with Crippen molar-refractivity contribution in [1.82, 2.24) is 0 Å². The Labute approximate surface area is 170 Å². The molecule has 4 aromatic carbocycles. The maximum atomic E-state index is 15.2. The average molecular weight is 394 g/mol. The minimum absolute atomic E-state index is 0.483. The van der Waals surface area contributed by atoms with E-state index < -0.39 is 0 Å². The lowest BCUT2D eigenvalue weighted by atomic mass is 9.95. The van der Waals surface area contributed by atoms with Crippen molar-refractivity contribution in [3.05, 3.63) is 97.1 Å². The number of rotatable bonds is 1. The zero-order valence-electron chi connectivity index (χ0n) is 15.9. The van der Waals surface area contributed by atoms with Crippen molar-refractivity contribution in [3.63, 3.8) is 0 Å². The normalized spacial score (nSPS) is 11.7. The van der Waals surface area contributed by atoms with Crippen LogP contribution in [0.4, 0.5) is 8.96 Å². The van der Waals surface area contributed by atoms with Crippen molar-refractivity contribution in [2.45, 2.75) is 0 Å². The van der Waals surface area contributed by atoms with Gasteiger partial charge < -0.3 is 0 Å². The molecule has 0 N–H and O–H groups in total. The highest BCUT2D eigenvalue weighted by Crippen LogP contribution is 2.34. The monoisotopic (exact) mass is 394 g/mol.